The van der Waals surface area contributed by atoms with Gasteiger partial charge in [-0.15, -0.1) is 0 Å². The number of carbonyl (C=O) groups excluding carboxylic acids is 1. The van der Waals surface area contributed by atoms with E-state index in [0.29, 0.717) is 17.0 Å². The summed E-state index contributed by atoms with van der Waals surface area (Å²) in [4.78, 5) is 15.9. The van der Waals surface area contributed by atoms with Crippen LogP contribution >= 0.6 is 0 Å². The van der Waals surface area contributed by atoms with Crippen molar-refractivity contribution in [2.24, 2.45) is 0 Å². The van der Waals surface area contributed by atoms with Crippen LogP contribution < -0.4 is 10.1 Å². The van der Waals surface area contributed by atoms with Crippen LogP contribution in [0.1, 0.15) is 5.56 Å². The Morgan fingerprint density at radius 2 is 2.27 bits per heavy atom. The summed E-state index contributed by atoms with van der Waals surface area (Å²) in [6.07, 6.45) is 4.34. The average Bonchev–Trinajstić information content (AvgIpc) is 2.55. The molecule has 0 aliphatic heterocycles. The fourth-order valence-electron chi connectivity index (χ4n) is 1.71. The van der Waals surface area contributed by atoms with Gasteiger partial charge in [-0.2, -0.15) is 5.26 Å². The highest BCUT2D eigenvalue weighted by Crippen LogP contribution is 2.25. The van der Waals surface area contributed by atoms with Gasteiger partial charge in [-0.3, -0.25) is 9.78 Å². The quantitative estimate of drug-likeness (QED) is 0.666. The molecule has 2 N–H and O–H groups in total. The molecule has 6 heteroatoms. The number of phenolic OH excluding ortho intramolecular Hbond substituents is 1. The van der Waals surface area contributed by atoms with Gasteiger partial charge in [-0.25, -0.2) is 0 Å². The molecule has 0 aliphatic rings. The number of nitrogens with zero attached hydrogens (tertiary/aromatic N) is 2. The first-order valence-corrected chi connectivity index (χ1v) is 6.34. The molecule has 22 heavy (non-hydrogen) atoms. The van der Waals surface area contributed by atoms with Crippen molar-refractivity contribution in [2.75, 3.05) is 12.4 Å². The van der Waals surface area contributed by atoms with Gasteiger partial charge in [0.2, 0.25) is 0 Å². The van der Waals surface area contributed by atoms with Gasteiger partial charge in [-0.05, 0) is 36.4 Å². The lowest BCUT2D eigenvalue weighted by atomic mass is 10.1. The van der Waals surface area contributed by atoms with Gasteiger partial charge >= 0.3 is 0 Å². The molecule has 0 saturated heterocycles. The first kappa shape index (κ1) is 15.1. The minimum Gasteiger partial charge on any atom is -0.507 e. The zero-order valence-corrected chi connectivity index (χ0v) is 11.8. The van der Waals surface area contributed by atoms with Crippen molar-refractivity contribution in [2.45, 2.75) is 0 Å². The predicted octanol–water partition coefficient (Wildman–Crippen LogP) is 2.34. The summed E-state index contributed by atoms with van der Waals surface area (Å²) in [5.41, 5.74) is 0.646. The topological polar surface area (TPSA) is 95.2 Å². The molecule has 0 atom stereocenters. The Morgan fingerprint density at radius 3 is 2.91 bits per heavy atom. The van der Waals surface area contributed by atoms with E-state index in [-0.39, 0.29) is 11.3 Å². The van der Waals surface area contributed by atoms with E-state index in [2.05, 4.69) is 10.3 Å². The maximum atomic E-state index is 12.1. The molecule has 0 saturated carbocycles. The number of amides is 1. The number of nitrogens with one attached hydrogen (secondary N) is 1. The lowest BCUT2D eigenvalue weighted by molar-refractivity contribution is -0.112. The standard InChI is InChI=1S/C16H13N3O3/c1-22-14-4-5-15(20)11(8-14)7-12(9-17)16(21)19-13-3-2-6-18-10-13/h2-8,10,20H,1H3,(H,19,21). The van der Waals surface area contributed by atoms with Crippen LogP contribution in [0.25, 0.3) is 6.08 Å². The van der Waals surface area contributed by atoms with Gasteiger partial charge in [0.25, 0.3) is 5.91 Å². The van der Waals surface area contributed by atoms with Crippen molar-refractivity contribution in [3.63, 3.8) is 0 Å². The molecule has 0 aliphatic carbocycles. The van der Waals surface area contributed by atoms with E-state index in [0.717, 1.165) is 0 Å². The summed E-state index contributed by atoms with van der Waals surface area (Å²) >= 11 is 0. The number of pyridine rings is 1. The highest BCUT2D eigenvalue weighted by Gasteiger charge is 2.11. The Bertz CT molecular complexity index is 749. The maximum absolute atomic E-state index is 12.1. The number of anilines is 1. The summed E-state index contributed by atoms with van der Waals surface area (Å²) in [5.74, 6) is -0.130. The van der Waals surface area contributed by atoms with Gasteiger partial charge in [0.1, 0.15) is 23.1 Å². The van der Waals surface area contributed by atoms with E-state index in [1.807, 2.05) is 6.07 Å². The van der Waals surface area contributed by atoms with E-state index in [1.165, 1.54) is 31.5 Å². The largest absolute Gasteiger partial charge is 0.507 e. The maximum Gasteiger partial charge on any atom is 0.266 e. The van der Waals surface area contributed by atoms with E-state index < -0.39 is 5.91 Å². The first-order chi connectivity index (χ1) is 10.6. The fraction of sp³-hybridized carbons (Fsp3) is 0.0625. The number of phenols is 1. The van der Waals surface area contributed by atoms with Crippen molar-refractivity contribution in [1.82, 2.24) is 4.98 Å². The van der Waals surface area contributed by atoms with Crippen LogP contribution in [0, 0.1) is 11.3 Å². The molecule has 2 rings (SSSR count). The van der Waals surface area contributed by atoms with Gasteiger partial charge < -0.3 is 15.2 Å². The number of aromatic hydroxyl groups is 1. The number of methoxy groups -OCH3 is 1. The Labute approximate surface area is 127 Å². The molecule has 110 valence electrons. The van der Waals surface area contributed by atoms with Crippen LogP contribution in [0.3, 0.4) is 0 Å². The fourth-order valence-corrected chi connectivity index (χ4v) is 1.71. The second-order valence-corrected chi connectivity index (χ2v) is 4.29. The van der Waals surface area contributed by atoms with E-state index >= 15 is 0 Å². The van der Waals surface area contributed by atoms with E-state index in [9.17, 15) is 9.90 Å². The molecule has 0 bridgehead atoms. The summed E-state index contributed by atoms with van der Waals surface area (Å²) in [5, 5.41) is 21.5. The van der Waals surface area contributed by atoms with Crippen LogP contribution in [0.5, 0.6) is 11.5 Å². The van der Waals surface area contributed by atoms with Crippen LogP contribution in [0.15, 0.2) is 48.3 Å². The molecule has 1 heterocycles. The van der Waals surface area contributed by atoms with Crippen LogP contribution in [0.4, 0.5) is 5.69 Å². The Balaban J connectivity index is 2.28. The number of hydrogen-bond donors (Lipinski definition) is 2. The molecule has 1 aromatic carbocycles. The van der Waals surface area contributed by atoms with E-state index in [1.54, 1.807) is 24.4 Å². The summed E-state index contributed by atoms with van der Waals surface area (Å²) < 4.78 is 5.05. The van der Waals surface area contributed by atoms with Crippen LogP contribution in [-0.2, 0) is 4.79 Å². The molecule has 0 spiro atoms. The second-order valence-electron chi connectivity index (χ2n) is 4.29. The van der Waals surface area contributed by atoms with Gasteiger partial charge in [-0.1, -0.05) is 0 Å². The molecule has 0 unspecified atom stereocenters. The zero-order chi connectivity index (χ0) is 15.9. The average molecular weight is 295 g/mol. The van der Waals surface area contributed by atoms with Crippen LogP contribution in [0.2, 0.25) is 0 Å². The number of aromatic nitrogens is 1. The third-order valence-electron chi connectivity index (χ3n) is 2.82. The minimum absolute atomic E-state index is 0.0530. The van der Waals surface area contributed by atoms with Crippen molar-refractivity contribution in [3.8, 4) is 17.6 Å². The third kappa shape index (κ3) is 3.61. The number of hydrogen-bond acceptors (Lipinski definition) is 5. The SMILES string of the molecule is COc1ccc(O)c(C=C(C#N)C(=O)Nc2cccnc2)c1. The minimum atomic E-state index is -0.585. The first-order valence-electron chi connectivity index (χ1n) is 6.34. The lowest BCUT2D eigenvalue weighted by Gasteiger charge is -2.05. The second kappa shape index (κ2) is 6.90. The molecule has 1 aromatic heterocycles. The molecule has 6 nitrogen and oxygen atoms in total. The van der Waals surface area contributed by atoms with Crippen molar-refractivity contribution in [1.29, 1.82) is 5.26 Å². The molecule has 0 fully saturated rings. The van der Waals surface area contributed by atoms with Crippen LogP contribution in [-0.4, -0.2) is 23.1 Å². The third-order valence-corrected chi connectivity index (χ3v) is 2.82. The smallest absolute Gasteiger partial charge is 0.266 e. The molecular formula is C16H13N3O3. The van der Waals surface area contributed by atoms with Crippen molar-refractivity contribution >= 4 is 17.7 Å². The predicted molar refractivity (Wildman–Crippen MR) is 81.1 cm³/mol. The molecule has 1 amide bonds. The number of ether oxygens (including phenoxy) is 1. The van der Waals surface area contributed by atoms with Crippen molar-refractivity contribution < 1.29 is 14.6 Å². The summed E-state index contributed by atoms with van der Waals surface area (Å²) in [6, 6.07) is 9.67. The number of nitriles is 1. The van der Waals surface area contributed by atoms with Gasteiger partial charge in [0.05, 0.1) is 19.0 Å². The highest BCUT2D eigenvalue weighted by atomic mass is 16.5. The Hall–Kier alpha value is -3.33. The Kier molecular flexibility index (Phi) is 4.73. The molecule has 0 radical (unpaired) electrons. The molecular weight excluding hydrogens is 282 g/mol. The number of rotatable bonds is 4. The monoisotopic (exact) mass is 295 g/mol. The lowest BCUT2D eigenvalue weighted by Crippen LogP contribution is -2.13. The van der Waals surface area contributed by atoms with E-state index in [4.69, 9.17) is 10.00 Å². The number of benzene rings is 1. The summed E-state index contributed by atoms with van der Waals surface area (Å²) in [7, 11) is 1.49. The number of carbonyl (C=O) groups is 1. The normalized spacial score (nSPS) is 10.6. The zero-order valence-electron chi connectivity index (χ0n) is 11.8. The highest BCUT2D eigenvalue weighted by molar-refractivity contribution is 6.09. The van der Waals surface area contributed by atoms with Crippen molar-refractivity contribution in [3.05, 3.63) is 53.9 Å². The molecule has 2 aromatic rings. The summed E-state index contributed by atoms with van der Waals surface area (Å²) in [6.45, 7) is 0. The van der Waals surface area contributed by atoms with Gasteiger partial charge in [0, 0.05) is 11.8 Å². The van der Waals surface area contributed by atoms with Gasteiger partial charge in [0.15, 0.2) is 0 Å². The Morgan fingerprint density at radius 1 is 1.45 bits per heavy atom.